The first-order valence-corrected chi connectivity index (χ1v) is 5.21. The minimum Gasteiger partial charge on any atom is -0.258 e. The molecule has 1 rings (SSSR count). The molecule has 0 N–H and O–H groups in total. The maximum Gasteiger partial charge on any atom is 0.273 e. The van der Waals surface area contributed by atoms with Crippen molar-refractivity contribution in [3.8, 4) is 0 Å². The van der Waals surface area contributed by atoms with Crippen LogP contribution in [0.2, 0.25) is 0 Å². The number of nitro benzene ring substituents is 1. The van der Waals surface area contributed by atoms with Crippen LogP contribution < -0.4 is 0 Å². The van der Waals surface area contributed by atoms with Crippen molar-refractivity contribution >= 4 is 5.69 Å². The molecule has 1 atom stereocenters. The Morgan fingerprint density at radius 2 is 2.06 bits per heavy atom. The molecule has 1 aromatic rings. The van der Waals surface area contributed by atoms with Crippen molar-refractivity contribution in [1.29, 1.82) is 0 Å². The lowest BCUT2D eigenvalue weighted by Crippen LogP contribution is -2.00. The molecule has 0 aromatic heterocycles. The van der Waals surface area contributed by atoms with Gasteiger partial charge >= 0.3 is 0 Å². The first kappa shape index (κ1) is 12.4. The van der Waals surface area contributed by atoms with E-state index in [1.54, 1.807) is 18.2 Å². The second kappa shape index (κ2) is 4.92. The van der Waals surface area contributed by atoms with Gasteiger partial charge in [0, 0.05) is 17.5 Å². The number of hydrogen-bond donors (Lipinski definition) is 0. The molecule has 0 aliphatic carbocycles. The zero-order valence-electron chi connectivity index (χ0n) is 9.64. The van der Waals surface area contributed by atoms with Crippen LogP contribution in [0.15, 0.2) is 30.9 Å². The average Bonchev–Trinajstić information content (AvgIpc) is 2.26. The van der Waals surface area contributed by atoms with Crippen LogP contribution in [0.4, 0.5) is 5.69 Å². The van der Waals surface area contributed by atoms with Gasteiger partial charge in [-0.15, -0.1) is 6.58 Å². The van der Waals surface area contributed by atoms with Crippen LogP contribution in [0.25, 0.3) is 0 Å². The van der Waals surface area contributed by atoms with Gasteiger partial charge < -0.3 is 0 Å². The highest BCUT2D eigenvalue weighted by Gasteiger charge is 2.17. The first-order valence-electron chi connectivity index (χ1n) is 5.21. The normalized spacial score (nSPS) is 12.5. The van der Waals surface area contributed by atoms with Crippen molar-refractivity contribution < 1.29 is 4.92 Å². The predicted molar refractivity (Wildman–Crippen MR) is 65.5 cm³/mol. The minimum atomic E-state index is -0.339. The summed E-state index contributed by atoms with van der Waals surface area (Å²) in [5.41, 5.74) is 1.75. The second-order valence-corrected chi connectivity index (χ2v) is 4.07. The monoisotopic (exact) mass is 218 g/mol. The van der Waals surface area contributed by atoms with E-state index < -0.39 is 0 Å². The highest BCUT2D eigenvalue weighted by atomic mass is 16.6. The lowest BCUT2D eigenvalue weighted by atomic mass is 9.94. The van der Waals surface area contributed by atoms with E-state index >= 15 is 0 Å². The van der Waals surface area contributed by atoms with E-state index in [0.29, 0.717) is 0 Å². The summed E-state index contributed by atoms with van der Waals surface area (Å²) in [5, 5.41) is 10.9. The van der Waals surface area contributed by atoms with Gasteiger partial charge in [0.25, 0.3) is 5.69 Å². The SMILES string of the molecule is [CH2]C(C=C)c1ccc(C(C)C)c([N+](=O)[O-])c1. The molecule has 0 fully saturated rings. The summed E-state index contributed by atoms with van der Waals surface area (Å²) in [6, 6.07) is 5.27. The summed E-state index contributed by atoms with van der Waals surface area (Å²) in [6.07, 6.45) is 1.67. The van der Waals surface area contributed by atoms with E-state index in [-0.39, 0.29) is 22.4 Å². The van der Waals surface area contributed by atoms with Gasteiger partial charge in [-0.1, -0.05) is 32.1 Å². The van der Waals surface area contributed by atoms with Crippen molar-refractivity contribution in [3.63, 3.8) is 0 Å². The smallest absolute Gasteiger partial charge is 0.258 e. The summed E-state index contributed by atoms with van der Waals surface area (Å²) in [5.74, 6) is 0.0290. The van der Waals surface area contributed by atoms with Crippen LogP contribution in [0.3, 0.4) is 0 Å². The molecule has 0 aliphatic rings. The van der Waals surface area contributed by atoms with Crippen LogP contribution in [-0.2, 0) is 0 Å². The minimum absolute atomic E-state index is 0.111. The van der Waals surface area contributed by atoms with Crippen LogP contribution >= 0.6 is 0 Å². The van der Waals surface area contributed by atoms with E-state index in [0.717, 1.165) is 11.1 Å². The van der Waals surface area contributed by atoms with E-state index in [1.807, 2.05) is 19.9 Å². The molecular weight excluding hydrogens is 202 g/mol. The molecule has 85 valence electrons. The standard InChI is InChI=1S/C13H16NO2/c1-5-10(4)11-6-7-12(9(2)3)13(8-11)14(15)16/h5-10H,1,4H2,2-3H3. The Kier molecular flexibility index (Phi) is 3.82. The molecule has 0 amide bonds. The number of rotatable bonds is 4. The number of nitrogens with zero attached hydrogens (tertiary/aromatic N) is 1. The quantitative estimate of drug-likeness (QED) is 0.438. The van der Waals surface area contributed by atoms with Gasteiger partial charge in [0.15, 0.2) is 0 Å². The first-order chi connectivity index (χ1) is 7.47. The third-order valence-electron chi connectivity index (χ3n) is 2.59. The van der Waals surface area contributed by atoms with Gasteiger partial charge in [-0.3, -0.25) is 10.1 Å². The Bertz CT molecular complexity index is 410. The van der Waals surface area contributed by atoms with Crippen molar-refractivity contribution in [2.24, 2.45) is 0 Å². The molecule has 3 heteroatoms. The van der Waals surface area contributed by atoms with Crippen LogP contribution in [-0.4, -0.2) is 4.92 Å². The maximum absolute atomic E-state index is 10.9. The zero-order chi connectivity index (χ0) is 12.3. The fraction of sp³-hybridized carbons (Fsp3) is 0.308. The number of allylic oxidation sites excluding steroid dienone is 1. The molecule has 0 saturated heterocycles. The van der Waals surface area contributed by atoms with Crippen molar-refractivity contribution in [2.45, 2.75) is 25.7 Å². The maximum atomic E-state index is 10.9. The molecule has 1 aromatic carbocycles. The lowest BCUT2D eigenvalue weighted by Gasteiger charge is -2.10. The summed E-state index contributed by atoms with van der Waals surface area (Å²) in [4.78, 5) is 10.6. The van der Waals surface area contributed by atoms with Crippen molar-refractivity contribution in [3.05, 3.63) is 59.0 Å². The highest BCUT2D eigenvalue weighted by molar-refractivity contribution is 5.46. The van der Waals surface area contributed by atoms with Gasteiger partial charge in [-0.2, -0.15) is 0 Å². The van der Waals surface area contributed by atoms with E-state index in [9.17, 15) is 10.1 Å². The van der Waals surface area contributed by atoms with Crippen molar-refractivity contribution in [1.82, 2.24) is 0 Å². The Morgan fingerprint density at radius 3 is 2.50 bits per heavy atom. The molecule has 1 radical (unpaired) electrons. The Balaban J connectivity index is 3.28. The Hall–Kier alpha value is -1.64. The number of hydrogen-bond acceptors (Lipinski definition) is 2. The van der Waals surface area contributed by atoms with E-state index in [1.165, 1.54) is 0 Å². The van der Waals surface area contributed by atoms with Gasteiger partial charge in [0.2, 0.25) is 0 Å². The third kappa shape index (κ3) is 2.48. The molecule has 3 nitrogen and oxygen atoms in total. The fourth-order valence-corrected chi connectivity index (χ4v) is 1.57. The molecule has 0 saturated carbocycles. The molecule has 0 spiro atoms. The van der Waals surface area contributed by atoms with Gasteiger partial charge in [-0.05, 0) is 18.4 Å². The largest absolute Gasteiger partial charge is 0.273 e. The van der Waals surface area contributed by atoms with E-state index in [2.05, 4.69) is 13.5 Å². The summed E-state index contributed by atoms with van der Waals surface area (Å²) in [7, 11) is 0. The summed E-state index contributed by atoms with van der Waals surface area (Å²) >= 11 is 0. The average molecular weight is 218 g/mol. The molecule has 0 bridgehead atoms. The predicted octanol–water partition coefficient (Wildman–Crippen LogP) is 3.82. The lowest BCUT2D eigenvalue weighted by molar-refractivity contribution is -0.385. The van der Waals surface area contributed by atoms with E-state index in [4.69, 9.17) is 0 Å². The summed E-state index contributed by atoms with van der Waals surface area (Å²) < 4.78 is 0. The number of benzene rings is 1. The van der Waals surface area contributed by atoms with Gasteiger partial charge in [-0.25, -0.2) is 0 Å². The van der Waals surface area contributed by atoms with Crippen LogP contribution in [0, 0.1) is 17.0 Å². The molecular formula is C13H16NO2. The van der Waals surface area contributed by atoms with Crippen LogP contribution in [0.1, 0.15) is 36.8 Å². The zero-order valence-corrected chi connectivity index (χ0v) is 9.64. The summed E-state index contributed by atoms with van der Waals surface area (Å²) in [6.45, 7) is 11.4. The molecule has 0 aliphatic heterocycles. The Labute approximate surface area is 95.9 Å². The Morgan fingerprint density at radius 1 is 1.44 bits per heavy atom. The van der Waals surface area contributed by atoms with Crippen molar-refractivity contribution in [2.75, 3.05) is 0 Å². The third-order valence-corrected chi connectivity index (χ3v) is 2.59. The molecule has 0 heterocycles. The second-order valence-electron chi connectivity index (χ2n) is 4.07. The molecule has 1 unspecified atom stereocenters. The van der Waals surface area contributed by atoms with Gasteiger partial charge in [0.1, 0.15) is 0 Å². The van der Waals surface area contributed by atoms with Crippen LogP contribution in [0.5, 0.6) is 0 Å². The van der Waals surface area contributed by atoms with Gasteiger partial charge in [0.05, 0.1) is 4.92 Å². The highest BCUT2D eigenvalue weighted by Crippen LogP contribution is 2.29. The number of nitro groups is 1. The topological polar surface area (TPSA) is 43.1 Å². The molecule has 16 heavy (non-hydrogen) atoms. The fourth-order valence-electron chi connectivity index (χ4n) is 1.57.